The molecule has 210 valence electrons. The first kappa shape index (κ1) is 29.1. The Balaban J connectivity index is 1.57. The average Bonchev–Trinajstić information content (AvgIpc) is 2.90. The zero-order chi connectivity index (χ0) is 28.2. The first-order chi connectivity index (χ1) is 18.4. The Labute approximate surface area is 228 Å². The van der Waals surface area contributed by atoms with Gasteiger partial charge in [0, 0.05) is 26.2 Å². The number of halogens is 1. The third-order valence-corrected chi connectivity index (χ3v) is 8.39. The number of piperazine rings is 1. The largest absolute Gasteiger partial charge is 0.497 e. The minimum atomic E-state index is -4.33. The Morgan fingerprint density at radius 1 is 0.744 bits per heavy atom. The molecular weight excluding hydrogens is 547 g/mol. The summed E-state index contributed by atoms with van der Waals surface area (Å²) in [4.78, 5) is 3.81. The molecule has 0 aromatic heterocycles. The van der Waals surface area contributed by atoms with Crippen molar-refractivity contribution in [2.75, 3.05) is 44.8 Å². The summed E-state index contributed by atoms with van der Waals surface area (Å²) in [6.45, 7) is 1.46. The Kier molecular flexibility index (Phi) is 9.04. The van der Waals surface area contributed by atoms with Crippen molar-refractivity contribution in [3.8, 4) is 16.9 Å². The van der Waals surface area contributed by atoms with Gasteiger partial charge in [0.1, 0.15) is 11.6 Å². The average molecular weight is 579 g/mol. The van der Waals surface area contributed by atoms with Crippen molar-refractivity contribution in [2.45, 2.75) is 12.1 Å². The van der Waals surface area contributed by atoms with Gasteiger partial charge >= 0.3 is 0 Å². The van der Waals surface area contributed by atoms with Crippen LogP contribution in [0.1, 0.15) is 23.2 Å². The smallest absolute Gasteiger partial charge is 0.266 e. The van der Waals surface area contributed by atoms with Crippen LogP contribution in [0.2, 0.25) is 0 Å². The van der Waals surface area contributed by atoms with Gasteiger partial charge in [-0.25, -0.2) is 4.39 Å². The summed E-state index contributed by atoms with van der Waals surface area (Å²) >= 11 is 0. The molecule has 39 heavy (non-hydrogen) atoms. The quantitative estimate of drug-likeness (QED) is 0.347. The van der Waals surface area contributed by atoms with Crippen molar-refractivity contribution < 1.29 is 35.1 Å². The van der Waals surface area contributed by atoms with Gasteiger partial charge in [0.25, 0.3) is 20.2 Å². The SMILES string of the molecule is COc1ccc(-c2cccc(C(CS(=O)(=O)O)N3CCN(C(CS(=O)(=O)O)c4ccc(F)cc4)CC3)c2)cc1. The van der Waals surface area contributed by atoms with Gasteiger partial charge in [-0.3, -0.25) is 18.9 Å². The van der Waals surface area contributed by atoms with Crippen LogP contribution >= 0.6 is 0 Å². The fourth-order valence-electron chi connectivity index (χ4n) is 4.98. The lowest BCUT2D eigenvalue weighted by Crippen LogP contribution is -2.50. The van der Waals surface area contributed by atoms with E-state index in [9.17, 15) is 30.3 Å². The minimum absolute atomic E-state index is 0.359. The lowest BCUT2D eigenvalue weighted by atomic mass is 9.98. The van der Waals surface area contributed by atoms with Gasteiger partial charge in [-0.05, 0) is 52.6 Å². The molecule has 9 nitrogen and oxygen atoms in total. The van der Waals surface area contributed by atoms with Gasteiger partial charge in [0.05, 0.1) is 30.7 Å². The monoisotopic (exact) mass is 578 g/mol. The first-order valence-corrected chi connectivity index (χ1v) is 15.5. The van der Waals surface area contributed by atoms with Crippen molar-refractivity contribution in [2.24, 2.45) is 0 Å². The van der Waals surface area contributed by atoms with E-state index in [1.165, 1.54) is 24.3 Å². The van der Waals surface area contributed by atoms with Crippen LogP contribution in [0.3, 0.4) is 0 Å². The molecule has 1 heterocycles. The molecule has 2 N–H and O–H groups in total. The van der Waals surface area contributed by atoms with Gasteiger partial charge in [0.15, 0.2) is 0 Å². The van der Waals surface area contributed by atoms with Crippen molar-refractivity contribution in [1.29, 1.82) is 0 Å². The molecule has 0 aliphatic carbocycles. The van der Waals surface area contributed by atoms with Crippen LogP contribution in [0.4, 0.5) is 4.39 Å². The Hall–Kier alpha value is -2.87. The Morgan fingerprint density at radius 3 is 1.74 bits per heavy atom. The lowest BCUT2D eigenvalue weighted by Gasteiger charge is -2.42. The minimum Gasteiger partial charge on any atom is -0.497 e. The van der Waals surface area contributed by atoms with E-state index >= 15 is 0 Å². The maximum Gasteiger partial charge on any atom is 0.266 e. The van der Waals surface area contributed by atoms with Crippen molar-refractivity contribution in [3.05, 3.63) is 89.7 Å². The normalized spacial score (nSPS) is 17.0. The fourth-order valence-corrected chi connectivity index (χ4v) is 6.58. The Bertz CT molecular complexity index is 1470. The highest BCUT2D eigenvalue weighted by Crippen LogP contribution is 2.31. The zero-order valence-corrected chi connectivity index (χ0v) is 23.0. The molecule has 3 aromatic rings. The number of methoxy groups -OCH3 is 1. The third kappa shape index (κ3) is 8.07. The molecule has 0 radical (unpaired) electrons. The van der Waals surface area contributed by atoms with Crippen molar-refractivity contribution in [3.63, 3.8) is 0 Å². The predicted octanol–water partition coefficient (Wildman–Crippen LogP) is 3.68. The molecule has 12 heteroatoms. The molecular formula is C27H31FN2O7S2. The molecule has 0 amide bonds. The van der Waals surface area contributed by atoms with Crippen LogP contribution in [0.5, 0.6) is 5.75 Å². The van der Waals surface area contributed by atoms with Gasteiger partial charge in [-0.15, -0.1) is 0 Å². The molecule has 0 saturated carbocycles. The standard InChI is InChI=1S/C27H31FN2O7S2/c1-37-25-11-7-20(8-12-25)22-3-2-4-23(17-22)27(19-39(34,35)36)30-15-13-29(14-16-30)26(18-38(31,32)33)21-5-9-24(28)10-6-21/h2-12,17,26-27H,13-16,18-19H2,1H3,(H,31,32,33)(H,34,35,36). The van der Waals surface area contributed by atoms with Gasteiger partial charge in [-0.2, -0.15) is 16.8 Å². The molecule has 0 bridgehead atoms. The molecule has 4 rings (SSSR count). The number of hydrogen-bond donors (Lipinski definition) is 2. The van der Waals surface area contributed by atoms with E-state index < -0.39 is 49.6 Å². The summed E-state index contributed by atoms with van der Waals surface area (Å²) in [5, 5.41) is 0. The van der Waals surface area contributed by atoms with Crippen LogP contribution in [0, 0.1) is 5.82 Å². The predicted molar refractivity (Wildman–Crippen MR) is 146 cm³/mol. The van der Waals surface area contributed by atoms with Crippen LogP contribution in [0.15, 0.2) is 72.8 Å². The summed E-state index contributed by atoms with van der Waals surface area (Å²) in [5.41, 5.74) is 3.05. The van der Waals surface area contributed by atoms with Crippen molar-refractivity contribution in [1.82, 2.24) is 9.80 Å². The van der Waals surface area contributed by atoms with Crippen LogP contribution < -0.4 is 4.74 Å². The lowest BCUT2D eigenvalue weighted by molar-refractivity contribution is 0.0790. The highest BCUT2D eigenvalue weighted by Gasteiger charge is 2.33. The van der Waals surface area contributed by atoms with Crippen LogP contribution in [-0.4, -0.2) is 80.5 Å². The highest BCUT2D eigenvalue weighted by molar-refractivity contribution is 7.86. The molecule has 2 atom stereocenters. The van der Waals surface area contributed by atoms with Crippen LogP contribution in [0.25, 0.3) is 11.1 Å². The molecule has 0 spiro atoms. The van der Waals surface area contributed by atoms with Crippen molar-refractivity contribution >= 4 is 20.2 Å². The number of ether oxygens (including phenoxy) is 1. The first-order valence-electron chi connectivity index (χ1n) is 12.3. The number of rotatable bonds is 10. The number of benzene rings is 3. The molecule has 1 aliphatic heterocycles. The van der Waals surface area contributed by atoms with Gasteiger partial charge < -0.3 is 4.74 Å². The summed E-state index contributed by atoms with van der Waals surface area (Å²) in [6, 6.07) is 19.0. The van der Waals surface area contributed by atoms with E-state index in [-0.39, 0.29) is 0 Å². The van der Waals surface area contributed by atoms with E-state index in [0.29, 0.717) is 43.1 Å². The molecule has 2 unspecified atom stereocenters. The van der Waals surface area contributed by atoms with Gasteiger partial charge in [0.2, 0.25) is 0 Å². The van der Waals surface area contributed by atoms with E-state index in [4.69, 9.17) is 4.74 Å². The van der Waals surface area contributed by atoms with Crippen LogP contribution in [-0.2, 0) is 20.2 Å². The van der Waals surface area contributed by atoms with Gasteiger partial charge in [-0.1, -0.05) is 42.5 Å². The van der Waals surface area contributed by atoms with E-state index in [1.807, 2.05) is 58.3 Å². The molecule has 1 saturated heterocycles. The number of hydrogen-bond acceptors (Lipinski definition) is 7. The molecule has 1 aliphatic rings. The highest BCUT2D eigenvalue weighted by atomic mass is 32.2. The second-order valence-electron chi connectivity index (χ2n) is 9.51. The van der Waals surface area contributed by atoms with E-state index in [2.05, 4.69) is 0 Å². The summed E-state index contributed by atoms with van der Waals surface area (Å²) in [6.07, 6.45) is 0. The zero-order valence-electron chi connectivity index (χ0n) is 21.4. The summed E-state index contributed by atoms with van der Waals surface area (Å²) in [7, 11) is -7.08. The van der Waals surface area contributed by atoms with E-state index in [1.54, 1.807) is 7.11 Å². The topological polar surface area (TPSA) is 124 Å². The second-order valence-corrected chi connectivity index (χ2v) is 12.5. The second kappa shape index (κ2) is 12.1. The number of nitrogens with zero attached hydrogens (tertiary/aromatic N) is 2. The van der Waals surface area contributed by atoms with E-state index in [0.717, 1.165) is 11.1 Å². The summed E-state index contributed by atoms with van der Waals surface area (Å²) < 4.78 is 85.6. The molecule has 3 aromatic carbocycles. The molecule has 1 fully saturated rings. The maximum absolute atomic E-state index is 13.5. The Morgan fingerprint density at radius 2 is 1.26 bits per heavy atom. The summed E-state index contributed by atoms with van der Waals surface area (Å²) in [5.74, 6) is -0.813. The third-order valence-electron chi connectivity index (χ3n) is 6.92. The maximum atomic E-state index is 13.5. The fraction of sp³-hybridized carbons (Fsp3) is 0.333.